The maximum Gasteiger partial charge on any atom is 0.270 e. The molecule has 0 N–H and O–H groups in total. The van der Waals surface area contributed by atoms with Gasteiger partial charge in [-0.1, -0.05) is 6.07 Å². The van der Waals surface area contributed by atoms with Crippen molar-refractivity contribution in [2.45, 2.75) is 11.8 Å². The van der Waals surface area contributed by atoms with Crippen LogP contribution < -0.4 is 0 Å². The van der Waals surface area contributed by atoms with Crippen molar-refractivity contribution in [1.29, 1.82) is 0 Å². The molecule has 1 aromatic carbocycles. The summed E-state index contributed by atoms with van der Waals surface area (Å²) in [5, 5.41) is 10.4. The number of benzene rings is 1. The second-order valence-electron chi connectivity index (χ2n) is 3.29. The van der Waals surface area contributed by atoms with Gasteiger partial charge in [0.1, 0.15) is 0 Å². The summed E-state index contributed by atoms with van der Waals surface area (Å²) in [5.74, 6) is 0. The lowest BCUT2D eigenvalue weighted by atomic mass is 10.1. The molecular formula is C10H11ClINO3. The van der Waals surface area contributed by atoms with Crippen molar-refractivity contribution in [3.8, 4) is 0 Å². The summed E-state index contributed by atoms with van der Waals surface area (Å²) in [5.41, 5.74) is 1.11. The summed E-state index contributed by atoms with van der Waals surface area (Å²) in [6.45, 7) is 0.467. The Labute approximate surface area is 112 Å². The molecule has 16 heavy (non-hydrogen) atoms. The van der Waals surface area contributed by atoms with Gasteiger partial charge >= 0.3 is 0 Å². The fourth-order valence-electron chi connectivity index (χ4n) is 1.29. The molecule has 0 aromatic heterocycles. The predicted molar refractivity (Wildman–Crippen MR) is 71.0 cm³/mol. The van der Waals surface area contributed by atoms with Crippen LogP contribution in [0.4, 0.5) is 5.69 Å². The molecular weight excluding hydrogens is 344 g/mol. The molecule has 0 radical (unpaired) electrons. The van der Waals surface area contributed by atoms with Crippen molar-refractivity contribution in [2.75, 3.05) is 13.7 Å². The Morgan fingerprint density at radius 1 is 1.62 bits per heavy atom. The Morgan fingerprint density at radius 3 is 2.81 bits per heavy atom. The van der Waals surface area contributed by atoms with Crippen LogP contribution >= 0.6 is 34.2 Å². The molecule has 0 heterocycles. The number of rotatable bonds is 5. The van der Waals surface area contributed by atoms with Crippen LogP contribution in [-0.4, -0.2) is 24.0 Å². The van der Waals surface area contributed by atoms with E-state index < -0.39 is 4.92 Å². The highest BCUT2D eigenvalue weighted by Crippen LogP contribution is 2.21. The number of non-ortho nitro benzene ring substituents is 1. The van der Waals surface area contributed by atoms with E-state index in [0.29, 0.717) is 13.0 Å². The van der Waals surface area contributed by atoms with Gasteiger partial charge in [-0.15, -0.1) is 11.6 Å². The van der Waals surface area contributed by atoms with Crippen LogP contribution in [0, 0.1) is 13.7 Å². The van der Waals surface area contributed by atoms with Gasteiger partial charge < -0.3 is 4.74 Å². The largest absolute Gasteiger partial charge is 0.383 e. The first-order chi connectivity index (χ1) is 7.54. The quantitative estimate of drug-likeness (QED) is 0.353. The molecule has 1 rings (SSSR count). The second-order valence-corrected chi connectivity index (χ2v) is 5.07. The van der Waals surface area contributed by atoms with E-state index >= 15 is 0 Å². The van der Waals surface area contributed by atoms with Crippen molar-refractivity contribution < 1.29 is 9.66 Å². The molecule has 6 heteroatoms. The van der Waals surface area contributed by atoms with Crippen LogP contribution in [0.3, 0.4) is 0 Å². The lowest BCUT2D eigenvalue weighted by Crippen LogP contribution is -2.11. The summed E-state index contributed by atoms with van der Waals surface area (Å²) >= 11 is 8.10. The molecule has 0 bridgehead atoms. The van der Waals surface area contributed by atoms with Gasteiger partial charge in [0.25, 0.3) is 5.69 Å². The third-order valence-electron chi connectivity index (χ3n) is 2.04. The van der Waals surface area contributed by atoms with E-state index in [-0.39, 0.29) is 11.1 Å². The van der Waals surface area contributed by atoms with Crippen molar-refractivity contribution >= 4 is 39.9 Å². The molecule has 0 saturated heterocycles. The minimum atomic E-state index is -0.403. The second kappa shape index (κ2) is 6.36. The summed E-state index contributed by atoms with van der Waals surface area (Å²) in [6, 6.07) is 4.78. The van der Waals surface area contributed by atoms with E-state index in [0.717, 1.165) is 9.13 Å². The molecule has 4 nitrogen and oxygen atoms in total. The Balaban J connectivity index is 2.79. The summed E-state index contributed by atoms with van der Waals surface area (Å²) < 4.78 is 5.79. The molecule has 0 fully saturated rings. The van der Waals surface area contributed by atoms with E-state index in [1.54, 1.807) is 19.2 Å². The van der Waals surface area contributed by atoms with Crippen LogP contribution in [0.15, 0.2) is 18.2 Å². The average molecular weight is 356 g/mol. The summed E-state index contributed by atoms with van der Waals surface area (Å²) in [4.78, 5) is 10.1. The van der Waals surface area contributed by atoms with Gasteiger partial charge in [-0.05, 0) is 34.6 Å². The van der Waals surface area contributed by atoms with Gasteiger partial charge in [-0.2, -0.15) is 0 Å². The van der Waals surface area contributed by atoms with Crippen LogP contribution in [0.1, 0.15) is 5.56 Å². The minimum absolute atomic E-state index is 0.103. The Morgan fingerprint density at radius 2 is 2.31 bits per heavy atom. The number of hydrogen-bond donors (Lipinski definition) is 0. The maximum atomic E-state index is 10.5. The van der Waals surface area contributed by atoms with Crippen molar-refractivity contribution in [3.05, 3.63) is 37.4 Å². The topological polar surface area (TPSA) is 52.4 Å². The van der Waals surface area contributed by atoms with Crippen LogP contribution in [-0.2, 0) is 11.2 Å². The van der Waals surface area contributed by atoms with Gasteiger partial charge in [-0.3, -0.25) is 10.1 Å². The van der Waals surface area contributed by atoms with E-state index in [4.69, 9.17) is 16.3 Å². The molecule has 88 valence electrons. The standard InChI is InChI=1S/C10H11ClINO3/c1-16-6-8(11)4-7-2-3-9(13(14)15)5-10(7)12/h2-3,5,8H,4,6H2,1H3. The zero-order valence-electron chi connectivity index (χ0n) is 8.65. The van der Waals surface area contributed by atoms with E-state index in [9.17, 15) is 10.1 Å². The lowest BCUT2D eigenvalue weighted by molar-refractivity contribution is -0.385. The molecule has 1 aromatic rings. The zero-order valence-corrected chi connectivity index (χ0v) is 11.6. The number of nitro groups is 1. The Bertz CT molecular complexity index is 386. The van der Waals surface area contributed by atoms with Gasteiger partial charge in [0.15, 0.2) is 0 Å². The normalized spacial score (nSPS) is 12.4. The summed E-state index contributed by atoms with van der Waals surface area (Å²) in [6.07, 6.45) is 0.645. The van der Waals surface area contributed by atoms with Gasteiger partial charge in [-0.25, -0.2) is 0 Å². The molecule has 0 spiro atoms. The van der Waals surface area contributed by atoms with E-state index in [1.165, 1.54) is 6.07 Å². The zero-order chi connectivity index (χ0) is 12.1. The highest BCUT2D eigenvalue weighted by molar-refractivity contribution is 14.1. The fraction of sp³-hybridized carbons (Fsp3) is 0.400. The molecule has 0 aliphatic carbocycles. The number of halogens is 2. The molecule has 0 aliphatic rings. The number of alkyl halides is 1. The Hall–Kier alpha value is -0.400. The average Bonchev–Trinajstić information content (AvgIpc) is 2.21. The maximum absolute atomic E-state index is 10.5. The van der Waals surface area contributed by atoms with Gasteiger partial charge in [0.2, 0.25) is 0 Å². The van der Waals surface area contributed by atoms with Crippen LogP contribution in [0.25, 0.3) is 0 Å². The minimum Gasteiger partial charge on any atom is -0.383 e. The highest BCUT2D eigenvalue weighted by Gasteiger charge is 2.12. The van der Waals surface area contributed by atoms with Crippen LogP contribution in [0.2, 0.25) is 0 Å². The third kappa shape index (κ3) is 3.88. The number of methoxy groups -OCH3 is 1. The summed E-state index contributed by atoms with van der Waals surface area (Å²) in [7, 11) is 1.59. The Kier molecular flexibility index (Phi) is 5.43. The number of nitrogens with zero attached hydrogens (tertiary/aromatic N) is 1. The number of nitro benzene ring substituents is 1. The van der Waals surface area contributed by atoms with E-state index in [1.807, 2.05) is 0 Å². The highest BCUT2D eigenvalue weighted by atomic mass is 127. The molecule has 0 amide bonds. The number of hydrogen-bond acceptors (Lipinski definition) is 3. The van der Waals surface area contributed by atoms with Gasteiger partial charge in [0, 0.05) is 22.8 Å². The first-order valence-corrected chi connectivity index (χ1v) is 6.12. The SMILES string of the molecule is COCC(Cl)Cc1ccc([N+](=O)[O-])cc1I. The predicted octanol–water partition coefficient (Wildman–Crippen LogP) is 3.00. The molecule has 1 unspecified atom stereocenters. The molecule has 0 saturated carbocycles. The van der Waals surface area contributed by atoms with Crippen molar-refractivity contribution in [3.63, 3.8) is 0 Å². The fourth-order valence-corrected chi connectivity index (χ4v) is 2.31. The van der Waals surface area contributed by atoms with Crippen molar-refractivity contribution in [1.82, 2.24) is 0 Å². The monoisotopic (exact) mass is 355 g/mol. The van der Waals surface area contributed by atoms with Crippen LogP contribution in [0.5, 0.6) is 0 Å². The third-order valence-corrected chi connectivity index (χ3v) is 3.32. The molecule has 0 aliphatic heterocycles. The number of ether oxygens (including phenoxy) is 1. The first kappa shape index (κ1) is 13.7. The molecule has 1 atom stereocenters. The smallest absolute Gasteiger partial charge is 0.270 e. The van der Waals surface area contributed by atoms with E-state index in [2.05, 4.69) is 22.6 Å². The van der Waals surface area contributed by atoms with Gasteiger partial charge in [0.05, 0.1) is 16.9 Å². The van der Waals surface area contributed by atoms with Crippen molar-refractivity contribution in [2.24, 2.45) is 0 Å². The first-order valence-electron chi connectivity index (χ1n) is 4.60. The lowest BCUT2D eigenvalue weighted by Gasteiger charge is -2.09.